The number of benzene rings is 2. The van der Waals surface area contributed by atoms with Gasteiger partial charge in [-0.25, -0.2) is 8.42 Å². The van der Waals surface area contributed by atoms with Crippen LogP contribution in [-0.4, -0.2) is 14.2 Å². The van der Waals surface area contributed by atoms with Gasteiger partial charge < -0.3 is 11.1 Å². The summed E-state index contributed by atoms with van der Waals surface area (Å²) in [6, 6.07) is 14.9. The summed E-state index contributed by atoms with van der Waals surface area (Å²) in [7, 11) is -3.13. The molecule has 2 aromatic rings. The Bertz CT molecular complexity index is 677. The summed E-state index contributed by atoms with van der Waals surface area (Å²) >= 11 is 0. The Morgan fingerprint density at radius 2 is 1.52 bits per heavy atom. The molecular weight excluding hydrogens is 284 g/mol. The van der Waals surface area contributed by atoms with Gasteiger partial charge in [0, 0.05) is 18.8 Å². The summed E-state index contributed by atoms with van der Waals surface area (Å²) in [6.45, 7) is 2.87. The third kappa shape index (κ3) is 4.06. The molecule has 0 saturated carbocycles. The molecule has 0 spiro atoms. The first kappa shape index (κ1) is 15.5. The average molecular weight is 304 g/mol. The maximum absolute atomic E-state index is 11.7. The summed E-state index contributed by atoms with van der Waals surface area (Å²) in [5.74, 6) is 0.118. The number of hydrogen-bond donors (Lipinski definition) is 2. The monoisotopic (exact) mass is 304 g/mol. The van der Waals surface area contributed by atoms with Crippen LogP contribution >= 0.6 is 0 Å². The van der Waals surface area contributed by atoms with Crippen molar-refractivity contribution < 1.29 is 8.42 Å². The summed E-state index contributed by atoms with van der Waals surface area (Å²) in [5, 5.41) is 3.27. The molecule has 0 aliphatic heterocycles. The topological polar surface area (TPSA) is 72.2 Å². The first-order valence-corrected chi connectivity index (χ1v) is 8.55. The number of nitrogens with one attached hydrogen (secondary N) is 1. The number of nitrogens with two attached hydrogens (primary N) is 1. The molecule has 0 aliphatic carbocycles. The molecular formula is C16H20N2O2S. The van der Waals surface area contributed by atoms with Crippen molar-refractivity contribution in [1.29, 1.82) is 0 Å². The van der Waals surface area contributed by atoms with Gasteiger partial charge >= 0.3 is 0 Å². The van der Waals surface area contributed by atoms with Gasteiger partial charge in [-0.3, -0.25) is 0 Å². The van der Waals surface area contributed by atoms with Gasteiger partial charge in [-0.2, -0.15) is 0 Å². The van der Waals surface area contributed by atoms with Crippen molar-refractivity contribution in [3.8, 4) is 0 Å². The van der Waals surface area contributed by atoms with E-state index in [1.54, 1.807) is 31.2 Å². The molecule has 21 heavy (non-hydrogen) atoms. The van der Waals surface area contributed by atoms with E-state index >= 15 is 0 Å². The van der Waals surface area contributed by atoms with E-state index in [4.69, 9.17) is 5.73 Å². The Balaban J connectivity index is 2.00. The Morgan fingerprint density at radius 3 is 2.05 bits per heavy atom. The van der Waals surface area contributed by atoms with Gasteiger partial charge in [-0.05, 0) is 35.4 Å². The number of sulfone groups is 1. The molecule has 112 valence electrons. The molecule has 5 heteroatoms. The van der Waals surface area contributed by atoms with E-state index < -0.39 is 9.84 Å². The Hall–Kier alpha value is -1.85. The van der Waals surface area contributed by atoms with Crippen LogP contribution in [-0.2, 0) is 22.9 Å². The van der Waals surface area contributed by atoms with E-state index in [1.807, 2.05) is 24.3 Å². The normalized spacial score (nSPS) is 11.3. The lowest BCUT2D eigenvalue weighted by Crippen LogP contribution is -2.04. The molecule has 0 aromatic heterocycles. The largest absolute Gasteiger partial charge is 0.381 e. The molecule has 0 bridgehead atoms. The SMILES string of the molecule is CCS(=O)(=O)c1ccc(NCc2ccc(CN)cc2)cc1. The van der Waals surface area contributed by atoms with Gasteiger partial charge in [0.25, 0.3) is 0 Å². The molecule has 4 nitrogen and oxygen atoms in total. The Labute approximate surface area is 125 Å². The van der Waals surface area contributed by atoms with Crippen molar-refractivity contribution in [2.24, 2.45) is 5.73 Å². The van der Waals surface area contributed by atoms with Crippen molar-refractivity contribution in [1.82, 2.24) is 0 Å². The standard InChI is InChI=1S/C16H20N2O2S/c1-2-21(19,20)16-9-7-15(8-10-16)18-12-14-5-3-13(11-17)4-6-14/h3-10,18H,2,11-12,17H2,1H3. The molecule has 0 unspecified atom stereocenters. The molecule has 2 rings (SSSR count). The smallest absolute Gasteiger partial charge is 0.178 e. The summed E-state index contributed by atoms with van der Waals surface area (Å²) < 4.78 is 23.4. The number of anilines is 1. The van der Waals surface area contributed by atoms with Crippen molar-refractivity contribution >= 4 is 15.5 Å². The highest BCUT2D eigenvalue weighted by molar-refractivity contribution is 7.91. The molecule has 0 atom stereocenters. The second-order valence-corrected chi connectivity index (χ2v) is 7.08. The Morgan fingerprint density at radius 1 is 0.952 bits per heavy atom. The van der Waals surface area contributed by atoms with Gasteiger partial charge in [-0.15, -0.1) is 0 Å². The van der Waals surface area contributed by atoms with Crippen LogP contribution in [0.15, 0.2) is 53.4 Å². The van der Waals surface area contributed by atoms with Crippen LogP contribution < -0.4 is 11.1 Å². The van der Waals surface area contributed by atoms with Crippen molar-refractivity contribution in [3.63, 3.8) is 0 Å². The number of rotatable bonds is 6. The molecule has 0 heterocycles. The predicted molar refractivity (Wildman–Crippen MR) is 85.8 cm³/mol. The van der Waals surface area contributed by atoms with E-state index in [9.17, 15) is 8.42 Å². The molecule has 2 aromatic carbocycles. The summed E-state index contributed by atoms with van der Waals surface area (Å²) in [4.78, 5) is 0.364. The van der Waals surface area contributed by atoms with Gasteiger partial charge in [0.15, 0.2) is 9.84 Å². The third-order valence-electron chi connectivity index (χ3n) is 3.35. The molecule has 3 N–H and O–H groups in total. The average Bonchev–Trinajstić information content (AvgIpc) is 2.54. The zero-order valence-corrected chi connectivity index (χ0v) is 12.9. The first-order chi connectivity index (χ1) is 10.0. The summed E-state index contributed by atoms with van der Waals surface area (Å²) in [5.41, 5.74) is 8.71. The highest BCUT2D eigenvalue weighted by Crippen LogP contribution is 2.16. The van der Waals surface area contributed by atoms with Crippen molar-refractivity contribution in [3.05, 3.63) is 59.7 Å². The molecule has 0 aliphatic rings. The van der Waals surface area contributed by atoms with Crippen LogP contribution in [0.5, 0.6) is 0 Å². The van der Waals surface area contributed by atoms with E-state index in [-0.39, 0.29) is 5.75 Å². The van der Waals surface area contributed by atoms with E-state index in [2.05, 4.69) is 5.32 Å². The van der Waals surface area contributed by atoms with Crippen LogP contribution in [0.3, 0.4) is 0 Å². The zero-order valence-electron chi connectivity index (χ0n) is 12.0. The van der Waals surface area contributed by atoms with Crippen LogP contribution in [0.2, 0.25) is 0 Å². The fourth-order valence-corrected chi connectivity index (χ4v) is 2.83. The summed E-state index contributed by atoms with van der Waals surface area (Å²) in [6.07, 6.45) is 0. The molecule has 0 saturated heterocycles. The maximum atomic E-state index is 11.7. The maximum Gasteiger partial charge on any atom is 0.178 e. The predicted octanol–water partition coefficient (Wildman–Crippen LogP) is 2.55. The van der Waals surface area contributed by atoms with Crippen molar-refractivity contribution in [2.75, 3.05) is 11.1 Å². The second-order valence-electron chi connectivity index (χ2n) is 4.80. The second kappa shape index (κ2) is 6.74. The van der Waals surface area contributed by atoms with Crippen LogP contribution in [0.4, 0.5) is 5.69 Å². The van der Waals surface area contributed by atoms with Crippen LogP contribution in [0, 0.1) is 0 Å². The van der Waals surface area contributed by atoms with Crippen molar-refractivity contribution in [2.45, 2.75) is 24.9 Å². The first-order valence-electron chi connectivity index (χ1n) is 6.89. The van der Waals surface area contributed by atoms with Gasteiger partial charge in [0.1, 0.15) is 0 Å². The van der Waals surface area contributed by atoms with Crippen LogP contribution in [0.25, 0.3) is 0 Å². The highest BCUT2D eigenvalue weighted by Gasteiger charge is 2.10. The molecule has 0 radical (unpaired) electrons. The fourth-order valence-electron chi connectivity index (χ4n) is 1.94. The number of hydrogen-bond acceptors (Lipinski definition) is 4. The minimum Gasteiger partial charge on any atom is -0.381 e. The zero-order chi connectivity index (χ0) is 15.3. The minimum absolute atomic E-state index is 0.118. The van der Waals surface area contributed by atoms with Gasteiger partial charge in [0.2, 0.25) is 0 Å². The molecule has 0 fully saturated rings. The lowest BCUT2D eigenvalue weighted by molar-refractivity contribution is 0.597. The van der Waals surface area contributed by atoms with Gasteiger partial charge in [-0.1, -0.05) is 31.2 Å². The molecule has 0 amide bonds. The fraction of sp³-hybridized carbons (Fsp3) is 0.250. The highest BCUT2D eigenvalue weighted by atomic mass is 32.2. The lowest BCUT2D eigenvalue weighted by atomic mass is 10.1. The minimum atomic E-state index is -3.13. The lowest BCUT2D eigenvalue weighted by Gasteiger charge is -2.08. The van der Waals surface area contributed by atoms with E-state index in [0.717, 1.165) is 16.8 Å². The van der Waals surface area contributed by atoms with E-state index in [0.29, 0.717) is 18.0 Å². The third-order valence-corrected chi connectivity index (χ3v) is 5.10. The quantitative estimate of drug-likeness (QED) is 0.860. The van der Waals surface area contributed by atoms with Gasteiger partial charge in [0.05, 0.1) is 10.6 Å². The Kier molecular flexibility index (Phi) is 4.98. The van der Waals surface area contributed by atoms with E-state index in [1.165, 1.54) is 0 Å². The van der Waals surface area contributed by atoms with Crippen LogP contribution in [0.1, 0.15) is 18.1 Å².